The predicted molar refractivity (Wildman–Crippen MR) is 238 cm³/mol. The van der Waals surface area contributed by atoms with Crippen LogP contribution in [0.2, 0.25) is 5.04 Å². The molecule has 0 aliphatic carbocycles. The molecule has 10 rings (SSSR count). The van der Waals surface area contributed by atoms with Crippen molar-refractivity contribution in [1.82, 2.24) is 9.13 Å². The van der Waals surface area contributed by atoms with Gasteiger partial charge in [-0.1, -0.05) is 185 Å². The second kappa shape index (κ2) is 12.9. The van der Waals surface area contributed by atoms with E-state index in [4.69, 9.17) is 0 Å². The Labute approximate surface area is 323 Å². The van der Waals surface area contributed by atoms with Gasteiger partial charge in [0.25, 0.3) is 0 Å². The van der Waals surface area contributed by atoms with Gasteiger partial charge in [-0.15, -0.1) is 0 Å². The van der Waals surface area contributed by atoms with E-state index in [0.29, 0.717) is 0 Å². The fraction of sp³-hybridized carbons (Fsp3) is 0.0769. The quantitative estimate of drug-likeness (QED) is 0.119. The number of aromatic nitrogens is 2. The summed E-state index contributed by atoms with van der Waals surface area (Å²) in [6, 6.07) is 74.3. The second-order valence-electron chi connectivity index (χ2n) is 15.7. The number of nitrogens with zero attached hydrogens (tertiary/aromatic N) is 2. The van der Waals surface area contributed by atoms with Crippen LogP contribution in [-0.2, 0) is 0 Å². The summed E-state index contributed by atoms with van der Waals surface area (Å²) in [5.74, 6) is 0. The van der Waals surface area contributed by atoms with Gasteiger partial charge in [-0.3, -0.25) is 0 Å². The van der Waals surface area contributed by atoms with E-state index in [9.17, 15) is 0 Å². The third kappa shape index (κ3) is 5.00. The third-order valence-electron chi connectivity index (χ3n) is 11.8. The Morgan fingerprint density at radius 2 is 0.855 bits per heavy atom. The Morgan fingerprint density at radius 3 is 1.53 bits per heavy atom. The molecule has 0 radical (unpaired) electrons. The van der Waals surface area contributed by atoms with Crippen LogP contribution in [0.15, 0.2) is 200 Å². The molecule has 0 N–H and O–H groups in total. The molecule has 0 bridgehead atoms. The predicted octanol–water partition coefficient (Wildman–Crippen LogP) is 11.8. The van der Waals surface area contributed by atoms with Gasteiger partial charge in [-0.05, 0) is 62.6 Å². The number of hydrogen-bond acceptors (Lipinski definition) is 0. The number of hydrogen-bond donors (Lipinski definition) is 0. The first-order valence-electron chi connectivity index (χ1n) is 19.3. The fourth-order valence-corrected chi connectivity index (χ4v) is 15.3. The van der Waals surface area contributed by atoms with E-state index in [1.165, 1.54) is 81.7 Å². The molecule has 2 aromatic heterocycles. The first-order chi connectivity index (χ1) is 27.0. The Balaban J connectivity index is 1.32. The minimum Gasteiger partial charge on any atom is -0.309 e. The Kier molecular flexibility index (Phi) is 7.76. The number of fused-ring (bicyclic) bond motifs is 6. The van der Waals surface area contributed by atoms with E-state index in [2.05, 4.69) is 230 Å². The molecule has 10 aromatic rings. The number of rotatable bonds is 6. The zero-order chi connectivity index (χ0) is 37.1. The summed E-state index contributed by atoms with van der Waals surface area (Å²) in [6.07, 6.45) is 0. The van der Waals surface area contributed by atoms with Gasteiger partial charge < -0.3 is 9.13 Å². The molecular weight excluding hydrogens is 681 g/mol. The highest BCUT2D eigenvalue weighted by atomic mass is 28.3. The molecule has 0 aliphatic rings. The van der Waals surface area contributed by atoms with Crippen molar-refractivity contribution < 1.29 is 0 Å². The van der Waals surface area contributed by atoms with E-state index in [-0.39, 0.29) is 5.04 Å². The van der Waals surface area contributed by atoms with Crippen molar-refractivity contribution >= 4 is 67.2 Å². The van der Waals surface area contributed by atoms with Crippen molar-refractivity contribution in [3.8, 4) is 22.5 Å². The van der Waals surface area contributed by atoms with E-state index in [1.54, 1.807) is 0 Å². The lowest BCUT2D eigenvalue weighted by atomic mass is 10.0. The van der Waals surface area contributed by atoms with Crippen LogP contribution in [0.1, 0.15) is 20.8 Å². The van der Waals surface area contributed by atoms with Crippen LogP contribution < -0.4 is 15.6 Å². The van der Waals surface area contributed by atoms with Crippen molar-refractivity contribution in [3.05, 3.63) is 200 Å². The molecule has 0 saturated heterocycles. The lowest BCUT2D eigenvalue weighted by molar-refractivity contribution is 0.739. The molecule has 264 valence electrons. The second-order valence-corrected chi connectivity index (χ2v) is 20.5. The third-order valence-corrected chi connectivity index (χ3v) is 17.6. The molecule has 0 fully saturated rings. The average molecular weight is 723 g/mol. The van der Waals surface area contributed by atoms with Gasteiger partial charge in [0.15, 0.2) is 8.07 Å². The highest BCUT2D eigenvalue weighted by Crippen LogP contribution is 2.42. The highest BCUT2D eigenvalue weighted by molar-refractivity contribution is 7.13. The SMILES string of the molecule is CC(C)(C)[Si](c1ccccc1)(c1ccccc1)c1ccc2c3ccccc3n(-c3cccc4c3c3ccccc3n4-c3ccccc3-c3ccccc3)c2c1. The molecule has 0 saturated carbocycles. The monoisotopic (exact) mass is 722 g/mol. The number of para-hydroxylation sites is 3. The summed E-state index contributed by atoms with van der Waals surface area (Å²) in [5.41, 5.74) is 9.62. The van der Waals surface area contributed by atoms with Crippen LogP contribution in [0.4, 0.5) is 0 Å². The molecule has 55 heavy (non-hydrogen) atoms. The Bertz CT molecular complexity index is 2960. The molecule has 0 aliphatic heterocycles. The normalized spacial score (nSPS) is 12.3. The summed E-state index contributed by atoms with van der Waals surface area (Å²) >= 11 is 0. The summed E-state index contributed by atoms with van der Waals surface area (Å²) in [5, 5.41) is 9.27. The number of benzene rings is 8. The van der Waals surface area contributed by atoms with Crippen LogP contribution >= 0.6 is 0 Å². The molecule has 3 heteroatoms. The van der Waals surface area contributed by atoms with Crippen molar-refractivity contribution in [3.63, 3.8) is 0 Å². The minimum absolute atomic E-state index is 0.0280. The molecule has 0 atom stereocenters. The zero-order valence-corrected chi connectivity index (χ0v) is 32.4. The Morgan fingerprint density at radius 1 is 0.364 bits per heavy atom. The lowest BCUT2D eigenvalue weighted by Gasteiger charge is -2.44. The standard InChI is InChI=1S/C52H42N2Si/c1-52(2,3)55(38-22-9-5-10-23-38,39-24-11-6-12-25-39)40-34-35-43-42-27-14-17-30-46(42)54(50(43)36-40)49-33-19-32-48-51(49)44-28-15-18-31-47(44)53(48)45-29-16-13-26-41(45)37-20-7-4-8-21-37/h4-36H,1-3H3. The van der Waals surface area contributed by atoms with Crippen molar-refractivity contribution in [2.75, 3.05) is 0 Å². The Hall–Kier alpha value is -6.42. The molecule has 2 heterocycles. The van der Waals surface area contributed by atoms with Crippen LogP contribution in [0.25, 0.3) is 66.1 Å². The topological polar surface area (TPSA) is 9.86 Å². The fourth-order valence-electron chi connectivity index (χ4n) is 9.62. The molecule has 2 nitrogen and oxygen atoms in total. The largest absolute Gasteiger partial charge is 0.309 e. The summed E-state index contributed by atoms with van der Waals surface area (Å²) in [6.45, 7) is 7.34. The maximum absolute atomic E-state index is 2.61. The first-order valence-corrected chi connectivity index (χ1v) is 21.3. The van der Waals surface area contributed by atoms with Crippen molar-refractivity contribution in [2.24, 2.45) is 0 Å². The minimum atomic E-state index is -2.61. The molecule has 0 spiro atoms. The van der Waals surface area contributed by atoms with E-state index in [1.807, 2.05) is 0 Å². The first kappa shape index (κ1) is 33.2. The smallest absolute Gasteiger partial charge is 0.153 e. The van der Waals surface area contributed by atoms with Gasteiger partial charge in [0, 0.05) is 27.1 Å². The van der Waals surface area contributed by atoms with Gasteiger partial charge in [-0.25, -0.2) is 0 Å². The van der Waals surface area contributed by atoms with E-state index < -0.39 is 8.07 Å². The zero-order valence-electron chi connectivity index (χ0n) is 31.4. The van der Waals surface area contributed by atoms with Gasteiger partial charge >= 0.3 is 0 Å². The van der Waals surface area contributed by atoms with E-state index >= 15 is 0 Å². The molecular formula is C52H42N2Si. The van der Waals surface area contributed by atoms with Crippen LogP contribution in [0.5, 0.6) is 0 Å². The van der Waals surface area contributed by atoms with Gasteiger partial charge in [0.2, 0.25) is 0 Å². The van der Waals surface area contributed by atoms with Gasteiger partial charge in [0.05, 0.1) is 33.4 Å². The van der Waals surface area contributed by atoms with Crippen molar-refractivity contribution in [2.45, 2.75) is 25.8 Å². The van der Waals surface area contributed by atoms with Gasteiger partial charge in [0.1, 0.15) is 0 Å². The van der Waals surface area contributed by atoms with Crippen LogP contribution in [0.3, 0.4) is 0 Å². The van der Waals surface area contributed by atoms with E-state index in [0.717, 1.165) is 0 Å². The maximum atomic E-state index is 2.55. The molecule has 0 unspecified atom stereocenters. The summed E-state index contributed by atoms with van der Waals surface area (Å²) in [4.78, 5) is 0. The lowest BCUT2D eigenvalue weighted by Crippen LogP contribution is -2.72. The van der Waals surface area contributed by atoms with Gasteiger partial charge in [-0.2, -0.15) is 0 Å². The maximum Gasteiger partial charge on any atom is 0.153 e. The van der Waals surface area contributed by atoms with Crippen LogP contribution in [-0.4, -0.2) is 17.2 Å². The highest BCUT2D eigenvalue weighted by Gasteiger charge is 2.49. The van der Waals surface area contributed by atoms with Crippen molar-refractivity contribution in [1.29, 1.82) is 0 Å². The van der Waals surface area contributed by atoms with Crippen LogP contribution in [0, 0.1) is 0 Å². The molecule has 8 aromatic carbocycles. The average Bonchev–Trinajstić information content (AvgIpc) is 3.74. The molecule has 0 amide bonds. The summed E-state index contributed by atoms with van der Waals surface area (Å²) in [7, 11) is -2.61. The summed E-state index contributed by atoms with van der Waals surface area (Å²) < 4.78 is 5.02.